The molecule has 0 aliphatic carbocycles. The maximum absolute atomic E-state index is 13.4. The van der Waals surface area contributed by atoms with Crippen LogP contribution in [0.1, 0.15) is 33.1 Å². The van der Waals surface area contributed by atoms with Crippen molar-refractivity contribution in [1.82, 2.24) is 10.6 Å². The fourth-order valence-electron chi connectivity index (χ4n) is 1.87. The Labute approximate surface area is 80.3 Å². The van der Waals surface area contributed by atoms with Crippen molar-refractivity contribution in [2.75, 3.05) is 19.6 Å². The van der Waals surface area contributed by atoms with Crippen LogP contribution in [0.5, 0.6) is 0 Å². The molecule has 0 aromatic carbocycles. The quantitative estimate of drug-likeness (QED) is 0.638. The number of hydrogen-bond donors (Lipinski definition) is 2. The molecule has 0 spiro atoms. The summed E-state index contributed by atoms with van der Waals surface area (Å²) in [6.07, 6.45) is 2.91. The first-order chi connectivity index (χ1) is 6.14. The lowest BCUT2D eigenvalue weighted by Gasteiger charge is -2.11. The molecular weight excluding hydrogens is 167 g/mol. The van der Waals surface area contributed by atoms with E-state index >= 15 is 0 Å². The third kappa shape index (κ3) is 4.05. The SMILES string of the molecule is CCNCCCC1CC(C)(F)CN1. The van der Waals surface area contributed by atoms with Crippen LogP contribution in [0.25, 0.3) is 0 Å². The van der Waals surface area contributed by atoms with E-state index in [9.17, 15) is 4.39 Å². The second-order valence-electron chi connectivity index (χ2n) is 4.19. The highest BCUT2D eigenvalue weighted by Gasteiger charge is 2.33. The summed E-state index contributed by atoms with van der Waals surface area (Å²) in [5.41, 5.74) is -0.969. The highest BCUT2D eigenvalue weighted by atomic mass is 19.1. The van der Waals surface area contributed by atoms with E-state index in [2.05, 4.69) is 17.6 Å². The van der Waals surface area contributed by atoms with Crippen LogP contribution >= 0.6 is 0 Å². The lowest BCUT2D eigenvalue weighted by molar-refractivity contribution is 0.213. The summed E-state index contributed by atoms with van der Waals surface area (Å²) in [5.74, 6) is 0. The van der Waals surface area contributed by atoms with Gasteiger partial charge in [-0.05, 0) is 39.3 Å². The summed E-state index contributed by atoms with van der Waals surface area (Å²) in [5, 5.41) is 6.49. The fraction of sp³-hybridized carbons (Fsp3) is 1.00. The first kappa shape index (κ1) is 10.9. The Morgan fingerprint density at radius 2 is 2.38 bits per heavy atom. The lowest BCUT2D eigenvalue weighted by Crippen LogP contribution is -2.24. The van der Waals surface area contributed by atoms with Crippen molar-refractivity contribution in [3.63, 3.8) is 0 Å². The zero-order valence-corrected chi connectivity index (χ0v) is 8.70. The maximum atomic E-state index is 13.4. The van der Waals surface area contributed by atoms with E-state index in [-0.39, 0.29) is 0 Å². The second-order valence-corrected chi connectivity index (χ2v) is 4.19. The van der Waals surface area contributed by atoms with E-state index in [0.717, 1.165) is 25.9 Å². The van der Waals surface area contributed by atoms with Gasteiger partial charge in [0, 0.05) is 12.6 Å². The Balaban J connectivity index is 2.04. The lowest BCUT2D eigenvalue weighted by atomic mass is 10.0. The fourth-order valence-corrected chi connectivity index (χ4v) is 1.87. The van der Waals surface area contributed by atoms with Gasteiger partial charge in [0.25, 0.3) is 0 Å². The van der Waals surface area contributed by atoms with Crippen molar-refractivity contribution in [2.24, 2.45) is 0 Å². The molecule has 78 valence electrons. The molecule has 1 heterocycles. The maximum Gasteiger partial charge on any atom is 0.122 e. The van der Waals surface area contributed by atoms with E-state index in [1.54, 1.807) is 6.92 Å². The summed E-state index contributed by atoms with van der Waals surface area (Å²) in [4.78, 5) is 0. The normalized spacial score (nSPS) is 33.9. The van der Waals surface area contributed by atoms with Gasteiger partial charge in [-0.1, -0.05) is 6.92 Å². The molecule has 0 aromatic rings. The summed E-state index contributed by atoms with van der Waals surface area (Å²) in [7, 11) is 0. The first-order valence-electron chi connectivity index (χ1n) is 5.27. The summed E-state index contributed by atoms with van der Waals surface area (Å²) in [6, 6.07) is 0.397. The first-order valence-corrected chi connectivity index (χ1v) is 5.27. The van der Waals surface area contributed by atoms with Gasteiger partial charge in [-0.25, -0.2) is 4.39 Å². The van der Waals surface area contributed by atoms with Crippen LogP contribution in [-0.4, -0.2) is 31.3 Å². The van der Waals surface area contributed by atoms with Crippen LogP contribution in [0.2, 0.25) is 0 Å². The van der Waals surface area contributed by atoms with Crippen LogP contribution in [-0.2, 0) is 0 Å². The van der Waals surface area contributed by atoms with Crippen molar-refractivity contribution in [1.29, 1.82) is 0 Å². The molecule has 1 fully saturated rings. The molecule has 1 saturated heterocycles. The highest BCUT2D eigenvalue weighted by Crippen LogP contribution is 2.24. The van der Waals surface area contributed by atoms with Gasteiger partial charge in [0.15, 0.2) is 0 Å². The molecule has 3 heteroatoms. The van der Waals surface area contributed by atoms with Crippen LogP contribution < -0.4 is 10.6 Å². The van der Waals surface area contributed by atoms with Gasteiger partial charge in [-0.3, -0.25) is 0 Å². The molecule has 1 aliphatic rings. The molecule has 2 nitrogen and oxygen atoms in total. The summed E-state index contributed by atoms with van der Waals surface area (Å²) in [6.45, 7) is 6.40. The predicted octanol–water partition coefficient (Wildman–Crippen LogP) is 1.47. The largest absolute Gasteiger partial charge is 0.317 e. The van der Waals surface area contributed by atoms with E-state index in [4.69, 9.17) is 0 Å². The third-order valence-electron chi connectivity index (χ3n) is 2.59. The molecule has 0 aromatic heterocycles. The van der Waals surface area contributed by atoms with Gasteiger partial charge >= 0.3 is 0 Å². The van der Waals surface area contributed by atoms with Gasteiger partial charge in [0.05, 0.1) is 0 Å². The Hall–Kier alpha value is -0.150. The number of halogens is 1. The standard InChI is InChI=1S/C10H21FN2/c1-3-12-6-4-5-9-7-10(2,11)8-13-9/h9,12-13H,3-8H2,1-2H3. The van der Waals surface area contributed by atoms with Gasteiger partial charge in [0.2, 0.25) is 0 Å². The third-order valence-corrected chi connectivity index (χ3v) is 2.59. The predicted molar refractivity (Wildman–Crippen MR) is 53.7 cm³/mol. The molecular formula is C10H21FN2. The van der Waals surface area contributed by atoms with Gasteiger partial charge < -0.3 is 10.6 Å². The van der Waals surface area contributed by atoms with Crippen molar-refractivity contribution < 1.29 is 4.39 Å². The average Bonchev–Trinajstić information content (AvgIpc) is 2.40. The van der Waals surface area contributed by atoms with Crippen LogP contribution in [0, 0.1) is 0 Å². The van der Waals surface area contributed by atoms with Crippen molar-refractivity contribution >= 4 is 0 Å². The van der Waals surface area contributed by atoms with E-state index in [0.29, 0.717) is 19.0 Å². The number of nitrogens with one attached hydrogen (secondary N) is 2. The van der Waals surface area contributed by atoms with Gasteiger partial charge in [-0.15, -0.1) is 0 Å². The van der Waals surface area contributed by atoms with Gasteiger partial charge in [0.1, 0.15) is 5.67 Å². The molecule has 1 rings (SSSR count). The molecule has 1 aliphatic heterocycles. The number of hydrogen-bond acceptors (Lipinski definition) is 2. The monoisotopic (exact) mass is 188 g/mol. The number of rotatable bonds is 5. The van der Waals surface area contributed by atoms with Crippen molar-refractivity contribution in [3.8, 4) is 0 Å². The minimum Gasteiger partial charge on any atom is -0.317 e. The summed E-state index contributed by atoms with van der Waals surface area (Å²) >= 11 is 0. The van der Waals surface area contributed by atoms with Gasteiger partial charge in [-0.2, -0.15) is 0 Å². The molecule has 0 radical (unpaired) electrons. The Kier molecular flexibility index (Phi) is 4.13. The Morgan fingerprint density at radius 1 is 1.62 bits per heavy atom. The van der Waals surface area contributed by atoms with E-state index < -0.39 is 5.67 Å². The molecule has 0 amide bonds. The molecule has 2 unspecified atom stereocenters. The smallest absolute Gasteiger partial charge is 0.122 e. The Bertz CT molecular complexity index is 148. The summed E-state index contributed by atoms with van der Waals surface area (Å²) < 4.78 is 13.4. The van der Waals surface area contributed by atoms with Crippen molar-refractivity contribution in [3.05, 3.63) is 0 Å². The highest BCUT2D eigenvalue weighted by molar-refractivity contribution is 4.90. The topological polar surface area (TPSA) is 24.1 Å². The minimum absolute atomic E-state index is 0.397. The molecule has 0 bridgehead atoms. The molecule has 2 atom stereocenters. The molecule has 0 saturated carbocycles. The minimum atomic E-state index is -0.969. The van der Waals surface area contributed by atoms with Crippen LogP contribution in [0.15, 0.2) is 0 Å². The average molecular weight is 188 g/mol. The van der Waals surface area contributed by atoms with Crippen LogP contribution in [0.3, 0.4) is 0 Å². The zero-order chi connectivity index (χ0) is 9.73. The zero-order valence-electron chi connectivity index (χ0n) is 8.70. The van der Waals surface area contributed by atoms with E-state index in [1.807, 2.05) is 0 Å². The molecule has 13 heavy (non-hydrogen) atoms. The van der Waals surface area contributed by atoms with Crippen molar-refractivity contribution in [2.45, 2.75) is 44.8 Å². The number of alkyl halides is 1. The Morgan fingerprint density at radius 3 is 2.92 bits per heavy atom. The van der Waals surface area contributed by atoms with Crippen LogP contribution in [0.4, 0.5) is 4.39 Å². The molecule has 2 N–H and O–H groups in total. The second kappa shape index (κ2) is 4.91. The van der Waals surface area contributed by atoms with E-state index in [1.165, 1.54) is 0 Å².